The molecule has 4 heteroatoms. The van der Waals surface area contributed by atoms with Crippen molar-refractivity contribution in [3.63, 3.8) is 0 Å². The molecule has 4 heterocycles. The summed E-state index contributed by atoms with van der Waals surface area (Å²) in [5, 5.41) is 10.2. The fourth-order valence-electron chi connectivity index (χ4n) is 10.9. The summed E-state index contributed by atoms with van der Waals surface area (Å²) < 4.78 is 5.08. The maximum absolute atomic E-state index is 2.54. The monoisotopic (exact) mass is 808 g/mol. The molecule has 13 rings (SSSR count). The lowest BCUT2D eigenvalue weighted by Gasteiger charge is -2.27. The molecule has 0 fully saturated rings. The van der Waals surface area contributed by atoms with Crippen molar-refractivity contribution in [2.75, 3.05) is 9.80 Å². The van der Waals surface area contributed by atoms with Gasteiger partial charge in [0.1, 0.15) is 0 Å². The normalized spacial score (nSPS) is 12.2. The molecule has 0 aliphatic rings. The van der Waals surface area contributed by atoms with E-state index in [4.69, 9.17) is 0 Å². The molecule has 0 saturated carbocycles. The lowest BCUT2D eigenvalue weighted by atomic mass is 10.0. The number of aryl methyl sites for hydroxylation is 5. The molecule has 0 aliphatic carbocycles. The highest BCUT2D eigenvalue weighted by atomic mass is 15.2. The third-order valence-corrected chi connectivity index (χ3v) is 13.7. The zero-order chi connectivity index (χ0) is 42.2. The first-order valence-corrected chi connectivity index (χ1v) is 22.0. The lowest BCUT2D eigenvalue weighted by molar-refractivity contribution is 1.23. The first kappa shape index (κ1) is 35.9. The standard InChI is InChI=1S/C59H44N4/c1-35-17-21-41(22-18-35)61(53-28-20-37(3)30-39(53)5)43-24-26-45-47-14-10-16-49-51-33-56-50(34-57(51)63(59(47)49)55(45)32-43)48-15-9-13-46-44-25-23-42(31-54(44)62(56)58(46)48)60(40-11-7-6-8-12-40)52-27-19-36(2)29-38(52)4/h6-34H,1-5H3. The van der Waals surface area contributed by atoms with Gasteiger partial charge < -0.3 is 18.6 Å². The third-order valence-electron chi connectivity index (χ3n) is 13.7. The van der Waals surface area contributed by atoms with E-state index in [9.17, 15) is 0 Å². The smallest absolute Gasteiger partial charge is 0.0620 e. The van der Waals surface area contributed by atoms with Crippen LogP contribution in [0.5, 0.6) is 0 Å². The van der Waals surface area contributed by atoms with Gasteiger partial charge in [0, 0.05) is 77.2 Å². The molecule has 0 saturated heterocycles. The van der Waals surface area contributed by atoms with E-state index in [1.165, 1.54) is 115 Å². The van der Waals surface area contributed by atoms with Crippen molar-refractivity contribution in [2.24, 2.45) is 0 Å². The fourth-order valence-corrected chi connectivity index (χ4v) is 10.9. The number of benzene rings is 9. The second-order valence-electron chi connectivity index (χ2n) is 17.8. The van der Waals surface area contributed by atoms with E-state index in [0.717, 1.165) is 22.7 Å². The second-order valence-corrected chi connectivity index (χ2v) is 17.8. The van der Waals surface area contributed by atoms with Crippen LogP contribution in [0.1, 0.15) is 27.8 Å². The quantitative estimate of drug-likeness (QED) is 0.166. The SMILES string of the molecule is Cc1ccc(N(c2ccc3c4cccc5c6cc7c(cc6n(c3c2)c45)c2cccc3c4ccc(N(c5ccccc5)c5ccc(C)cc5C)cc4n7c32)c2ccc(C)cc2C)cc1. The Morgan fingerprint density at radius 3 is 1.14 bits per heavy atom. The van der Waals surface area contributed by atoms with E-state index in [1.807, 2.05) is 0 Å². The summed E-state index contributed by atoms with van der Waals surface area (Å²) in [4.78, 5) is 4.83. The summed E-state index contributed by atoms with van der Waals surface area (Å²) in [5.41, 5.74) is 20.7. The maximum Gasteiger partial charge on any atom is 0.0620 e. The summed E-state index contributed by atoms with van der Waals surface area (Å²) >= 11 is 0. The van der Waals surface area contributed by atoms with Gasteiger partial charge in [-0.05, 0) is 119 Å². The van der Waals surface area contributed by atoms with Crippen LogP contribution in [-0.2, 0) is 0 Å². The highest BCUT2D eigenvalue weighted by Gasteiger charge is 2.25. The number of hydrogen-bond donors (Lipinski definition) is 0. The average Bonchev–Trinajstić information content (AvgIpc) is 4.02. The van der Waals surface area contributed by atoms with Crippen molar-refractivity contribution in [1.82, 2.24) is 8.80 Å². The zero-order valence-electron chi connectivity index (χ0n) is 36.0. The van der Waals surface area contributed by atoms with E-state index in [1.54, 1.807) is 0 Å². The molecule has 0 atom stereocenters. The van der Waals surface area contributed by atoms with Crippen molar-refractivity contribution in [1.29, 1.82) is 0 Å². The summed E-state index contributed by atoms with van der Waals surface area (Å²) in [6.07, 6.45) is 0. The highest BCUT2D eigenvalue weighted by Crippen LogP contribution is 2.47. The van der Waals surface area contributed by atoms with Gasteiger partial charge in [0.15, 0.2) is 0 Å². The minimum atomic E-state index is 1.14. The van der Waals surface area contributed by atoms with Gasteiger partial charge in [-0.2, -0.15) is 0 Å². The van der Waals surface area contributed by atoms with Crippen molar-refractivity contribution >= 4 is 110 Å². The van der Waals surface area contributed by atoms with Crippen LogP contribution in [0.25, 0.3) is 76.2 Å². The molecular formula is C59H44N4. The van der Waals surface area contributed by atoms with E-state index in [0.29, 0.717) is 0 Å². The summed E-state index contributed by atoms with van der Waals surface area (Å²) in [5.74, 6) is 0. The highest BCUT2D eigenvalue weighted by molar-refractivity contribution is 6.29. The number of anilines is 6. The molecule has 0 spiro atoms. The van der Waals surface area contributed by atoms with Crippen molar-refractivity contribution in [2.45, 2.75) is 34.6 Å². The van der Waals surface area contributed by atoms with Gasteiger partial charge in [0.05, 0.1) is 33.1 Å². The molecule has 4 nitrogen and oxygen atoms in total. The number of aromatic nitrogens is 2. The van der Waals surface area contributed by atoms with Crippen molar-refractivity contribution < 1.29 is 0 Å². The maximum atomic E-state index is 2.54. The summed E-state index contributed by atoms with van der Waals surface area (Å²) in [6, 6.07) is 66.0. The van der Waals surface area contributed by atoms with Crippen LogP contribution >= 0.6 is 0 Å². The number of rotatable bonds is 6. The number of nitrogens with zero attached hydrogens (tertiary/aromatic N) is 4. The first-order chi connectivity index (χ1) is 30.8. The Labute approximate surface area is 365 Å². The second kappa shape index (κ2) is 13.1. The molecule has 300 valence electrons. The lowest BCUT2D eigenvalue weighted by Crippen LogP contribution is -2.11. The van der Waals surface area contributed by atoms with Gasteiger partial charge in [-0.25, -0.2) is 0 Å². The van der Waals surface area contributed by atoms with Crippen LogP contribution in [0.2, 0.25) is 0 Å². The van der Waals surface area contributed by atoms with E-state index in [-0.39, 0.29) is 0 Å². The zero-order valence-corrected chi connectivity index (χ0v) is 36.0. The number of fused-ring (bicyclic) bond motifs is 12. The molecule has 4 aromatic heterocycles. The Morgan fingerprint density at radius 1 is 0.286 bits per heavy atom. The van der Waals surface area contributed by atoms with Crippen LogP contribution in [0.3, 0.4) is 0 Å². The van der Waals surface area contributed by atoms with Gasteiger partial charge in [-0.3, -0.25) is 0 Å². The van der Waals surface area contributed by atoms with Gasteiger partial charge >= 0.3 is 0 Å². The molecule has 9 aromatic carbocycles. The molecule has 0 unspecified atom stereocenters. The summed E-state index contributed by atoms with van der Waals surface area (Å²) in [7, 11) is 0. The van der Waals surface area contributed by atoms with E-state index < -0.39 is 0 Å². The van der Waals surface area contributed by atoms with E-state index >= 15 is 0 Å². The Hall–Kier alpha value is -7.82. The molecular weight excluding hydrogens is 765 g/mol. The van der Waals surface area contributed by atoms with Gasteiger partial charge in [0.2, 0.25) is 0 Å². The van der Waals surface area contributed by atoms with Crippen LogP contribution in [0.4, 0.5) is 34.1 Å². The first-order valence-electron chi connectivity index (χ1n) is 22.0. The van der Waals surface area contributed by atoms with Crippen LogP contribution in [-0.4, -0.2) is 8.80 Å². The Kier molecular flexibility index (Phi) is 7.46. The number of para-hydroxylation sites is 3. The predicted molar refractivity (Wildman–Crippen MR) is 269 cm³/mol. The topological polar surface area (TPSA) is 15.3 Å². The van der Waals surface area contributed by atoms with Gasteiger partial charge in [-0.1, -0.05) is 120 Å². The van der Waals surface area contributed by atoms with Gasteiger partial charge in [-0.15, -0.1) is 0 Å². The van der Waals surface area contributed by atoms with Crippen LogP contribution in [0.15, 0.2) is 176 Å². The van der Waals surface area contributed by atoms with Crippen LogP contribution < -0.4 is 9.80 Å². The molecule has 0 radical (unpaired) electrons. The Balaban J connectivity index is 1.07. The molecule has 63 heavy (non-hydrogen) atoms. The molecule has 0 bridgehead atoms. The largest absolute Gasteiger partial charge is 0.310 e. The van der Waals surface area contributed by atoms with Crippen molar-refractivity contribution in [3.8, 4) is 0 Å². The Morgan fingerprint density at radius 2 is 0.683 bits per heavy atom. The van der Waals surface area contributed by atoms with Crippen molar-refractivity contribution in [3.05, 3.63) is 204 Å². The Bertz CT molecular complexity index is 3960. The predicted octanol–water partition coefficient (Wildman–Crippen LogP) is 16.5. The summed E-state index contributed by atoms with van der Waals surface area (Å²) in [6.45, 7) is 10.9. The van der Waals surface area contributed by atoms with E-state index in [2.05, 4.69) is 229 Å². The molecule has 0 amide bonds. The molecule has 13 aromatic rings. The fraction of sp³-hybridized carbons (Fsp3) is 0.0847. The van der Waals surface area contributed by atoms with Crippen LogP contribution in [0, 0.1) is 34.6 Å². The third kappa shape index (κ3) is 5.09. The number of hydrogen-bond acceptors (Lipinski definition) is 2. The molecule has 0 aliphatic heterocycles. The van der Waals surface area contributed by atoms with Gasteiger partial charge in [0.25, 0.3) is 0 Å². The molecule has 0 N–H and O–H groups in total. The minimum absolute atomic E-state index is 1.14. The minimum Gasteiger partial charge on any atom is -0.310 e. The average molecular weight is 809 g/mol.